The summed E-state index contributed by atoms with van der Waals surface area (Å²) in [6.07, 6.45) is 3.47. The van der Waals surface area contributed by atoms with Crippen molar-refractivity contribution in [3.8, 4) is 0 Å². The zero-order valence-electron chi connectivity index (χ0n) is 17.2. The van der Waals surface area contributed by atoms with Crippen LogP contribution in [0.4, 0.5) is 4.79 Å². The summed E-state index contributed by atoms with van der Waals surface area (Å²) in [5, 5.41) is 0. The van der Waals surface area contributed by atoms with Gasteiger partial charge in [-0.25, -0.2) is 4.79 Å². The second-order valence-electron chi connectivity index (χ2n) is 9.11. The van der Waals surface area contributed by atoms with Gasteiger partial charge in [-0.1, -0.05) is 17.7 Å². The van der Waals surface area contributed by atoms with Crippen LogP contribution in [0.3, 0.4) is 0 Å². The highest BCUT2D eigenvalue weighted by molar-refractivity contribution is 7.86. The molecule has 1 heterocycles. The average Bonchev–Trinajstić information content (AvgIpc) is 3.25. The fraction of sp³-hybridized carbons (Fsp3) is 0.667. The number of ether oxygens (including phenoxy) is 1. The highest BCUT2D eigenvalue weighted by Gasteiger charge is 2.54. The van der Waals surface area contributed by atoms with Gasteiger partial charge in [0.25, 0.3) is 10.1 Å². The van der Waals surface area contributed by atoms with Gasteiger partial charge in [0.05, 0.1) is 11.5 Å². The van der Waals surface area contributed by atoms with E-state index in [1.54, 1.807) is 29.2 Å². The zero-order chi connectivity index (χ0) is 20.6. The Kier molecular flexibility index (Phi) is 5.79. The molecule has 0 bridgehead atoms. The fourth-order valence-corrected chi connectivity index (χ4v) is 4.91. The number of piperidine rings is 1. The molecule has 1 atom stereocenters. The molecule has 3 rings (SSSR count). The van der Waals surface area contributed by atoms with Gasteiger partial charge >= 0.3 is 6.09 Å². The number of hydrogen-bond donors (Lipinski definition) is 0. The predicted molar refractivity (Wildman–Crippen MR) is 107 cm³/mol. The van der Waals surface area contributed by atoms with Crippen molar-refractivity contribution in [2.24, 2.45) is 11.3 Å². The van der Waals surface area contributed by atoms with E-state index in [-0.39, 0.29) is 23.0 Å². The number of rotatable bonds is 5. The van der Waals surface area contributed by atoms with E-state index in [0.717, 1.165) is 31.2 Å². The largest absolute Gasteiger partial charge is 0.444 e. The first-order valence-electron chi connectivity index (χ1n) is 9.95. The van der Waals surface area contributed by atoms with Crippen LogP contribution in [-0.4, -0.2) is 44.7 Å². The summed E-state index contributed by atoms with van der Waals surface area (Å²) in [7, 11) is -3.69. The summed E-state index contributed by atoms with van der Waals surface area (Å²) < 4.78 is 35.2. The maximum Gasteiger partial charge on any atom is 0.410 e. The highest BCUT2D eigenvalue weighted by atomic mass is 32.2. The SMILES string of the molecule is Cc1ccc(S(=O)(=O)OCC[C@H]2CC23CCN(C(=O)OC(C)(C)C)CC3)cc1. The number of aryl methyl sites for hydroxylation is 1. The zero-order valence-corrected chi connectivity index (χ0v) is 18.0. The van der Waals surface area contributed by atoms with E-state index in [9.17, 15) is 13.2 Å². The molecule has 28 heavy (non-hydrogen) atoms. The standard InChI is InChI=1S/C21H31NO5S/c1-16-5-7-18(8-6-16)28(24,25)26-14-9-17-15-21(17)10-12-22(13-11-21)19(23)27-20(2,3)4/h5-8,17H,9-15H2,1-4H3/t17-/m0/s1. The molecule has 2 aliphatic rings. The first kappa shape index (κ1) is 21.1. The lowest BCUT2D eigenvalue weighted by Crippen LogP contribution is -2.42. The molecule has 0 radical (unpaired) electrons. The summed E-state index contributed by atoms with van der Waals surface area (Å²) in [6.45, 7) is 9.14. The van der Waals surface area contributed by atoms with Gasteiger partial charge in [0.15, 0.2) is 0 Å². The molecule has 1 amide bonds. The Morgan fingerprint density at radius 3 is 2.36 bits per heavy atom. The molecule has 6 nitrogen and oxygen atoms in total. The van der Waals surface area contributed by atoms with Crippen LogP contribution in [0.25, 0.3) is 0 Å². The highest BCUT2D eigenvalue weighted by Crippen LogP contribution is 2.60. The van der Waals surface area contributed by atoms with Crippen LogP contribution in [0, 0.1) is 18.3 Å². The number of carbonyl (C=O) groups excluding carboxylic acids is 1. The van der Waals surface area contributed by atoms with Crippen LogP contribution in [-0.2, 0) is 19.0 Å². The molecule has 0 aromatic heterocycles. The maximum absolute atomic E-state index is 12.3. The van der Waals surface area contributed by atoms with Crippen LogP contribution in [0.5, 0.6) is 0 Å². The number of amides is 1. The van der Waals surface area contributed by atoms with Crippen molar-refractivity contribution in [3.63, 3.8) is 0 Å². The number of likely N-dealkylation sites (tertiary alicyclic amines) is 1. The van der Waals surface area contributed by atoms with E-state index in [2.05, 4.69) is 0 Å². The monoisotopic (exact) mass is 409 g/mol. The molecule has 1 aliphatic heterocycles. The van der Waals surface area contributed by atoms with Crippen LogP contribution in [0.1, 0.15) is 52.0 Å². The minimum Gasteiger partial charge on any atom is -0.444 e. The van der Waals surface area contributed by atoms with E-state index >= 15 is 0 Å². The van der Waals surface area contributed by atoms with Crippen LogP contribution < -0.4 is 0 Å². The quantitative estimate of drug-likeness (QED) is 0.684. The van der Waals surface area contributed by atoms with Gasteiger partial charge in [-0.05, 0) is 76.8 Å². The lowest BCUT2D eigenvalue weighted by atomic mass is 9.90. The fourth-order valence-electron chi connectivity index (χ4n) is 3.99. The Morgan fingerprint density at radius 2 is 1.79 bits per heavy atom. The molecule has 1 aliphatic carbocycles. The molecule has 2 fully saturated rings. The van der Waals surface area contributed by atoms with Crippen molar-refractivity contribution in [2.45, 2.75) is 63.9 Å². The van der Waals surface area contributed by atoms with E-state index in [4.69, 9.17) is 8.92 Å². The van der Waals surface area contributed by atoms with Gasteiger partial charge in [-0.15, -0.1) is 0 Å². The van der Waals surface area contributed by atoms with E-state index in [1.165, 1.54) is 0 Å². The van der Waals surface area contributed by atoms with Crippen molar-refractivity contribution in [3.05, 3.63) is 29.8 Å². The average molecular weight is 410 g/mol. The normalized spacial score (nSPS) is 21.6. The summed E-state index contributed by atoms with van der Waals surface area (Å²) in [5.41, 5.74) is 0.779. The third-order valence-corrected chi connectivity index (χ3v) is 7.11. The molecular formula is C21H31NO5S. The van der Waals surface area contributed by atoms with E-state index in [0.29, 0.717) is 19.0 Å². The van der Waals surface area contributed by atoms with Gasteiger partial charge in [-0.2, -0.15) is 8.42 Å². The second-order valence-corrected chi connectivity index (χ2v) is 10.7. The minimum atomic E-state index is -3.69. The topological polar surface area (TPSA) is 72.9 Å². The molecule has 0 unspecified atom stereocenters. The van der Waals surface area contributed by atoms with Crippen molar-refractivity contribution < 1.29 is 22.1 Å². The maximum atomic E-state index is 12.3. The molecule has 1 aromatic carbocycles. The van der Waals surface area contributed by atoms with Crippen LogP contribution in [0.15, 0.2) is 29.2 Å². The van der Waals surface area contributed by atoms with Gasteiger partial charge < -0.3 is 9.64 Å². The van der Waals surface area contributed by atoms with Crippen molar-refractivity contribution in [1.29, 1.82) is 0 Å². The van der Waals surface area contributed by atoms with Gasteiger partial charge in [-0.3, -0.25) is 4.18 Å². The Bertz CT molecular complexity index is 802. The van der Waals surface area contributed by atoms with Crippen molar-refractivity contribution >= 4 is 16.2 Å². The summed E-state index contributed by atoms with van der Waals surface area (Å²) in [5.74, 6) is 0.474. The third-order valence-electron chi connectivity index (χ3n) is 5.78. The number of nitrogens with zero attached hydrogens (tertiary/aromatic N) is 1. The van der Waals surface area contributed by atoms with E-state index in [1.807, 2.05) is 27.7 Å². The molecule has 7 heteroatoms. The first-order valence-corrected chi connectivity index (χ1v) is 11.4. The Hall–Kier alpha value is -1.60. The summed E-state index contributed by atoms with van der Waals surface area (Å²) in [4.78, 5) is 14.2. The van der Waals surface area contributed by atoms with Gasteiger partial charge in [0, 0.05) is 13.1 Å². The molecular weight excluding hydrogens is 378 g/mol. The predicted octanol–water partition coefficient (Wildman–Crippen LogP) is 4.13. The lowest BCUT2D eigenvalue weighted by Gasteiger charge is -2.34. The molecule has 156 valence electrons. The van der Waals surface area contributed by atoms with Crippen molar-refractivity contribution in [1.82, 2.24) is 4.90 Å². The van der Waals surface area contributed by atoms with Gasteiger partial charge in [0.2, 0.25) is 0 Å². The third kappa shape index (κ3) is 5.06. The molecule has 1 saturated carbocycles. The molecule has 0 N–H and O–H groups in total. The Labute approximate surface area is 168 Å². The lowest BCUT2D eigenvalue weighted by molar-refractivity contribution is 0.0163. The summed E-state index contributed by atoms with van der Waals surface area (Å²) in [6, 6.07) is 6.69. The smallest absolute Gasteiger partial charge is 0.410 e. The molecule has 1 saturated heterocycles. The van der Waals surface area contributed by atoms with E-state index < -0.39 is 15.7 Å². The molecule has 1 aromatic rings. The number of hydrogen-bond acceptors (Lipinski definition) is 5. The first-order chi connectivity index (χ1) is 13.0. The number of benzene rings is 1. The van der Waals surface area contributed by atoms with Crippen LogP contribution in [0.2, 0.25) is 0 Å². The minimum absolute atomic E-state index is 0.203. The molecule has 1 spiro atoms. The second kappa shape index (κ2) is 7.67. The Morgan fingerprint density at radius 1 is 1.18 bits per heavy atom. The van der Waals surface area contributed by atoms with Gasteiger partial charge in [0.1, 0.15) is 5.60 Å². The summed E-state index contributed by atoms with van der Waals surface area (Å²) >= 11 is 0. The van der Waals surface area contributed by atoms with Crippen molar-refractivity contribution in [2.75, 3.05) is 19.7 Å². The Balaban J connectivity index is 1.43. The van der Waals surface area contributed by atoms with Crippen LogP contribution >= 0.6 is 0 Å². The number of carbonyl (C=O) groups is 1.